The predicted molar refractivity (Wildman–Crippen MR) is 83.7 cm³/mol. The SMILES string of the molecule is COc1cccc2c(OC)c(-c3cc(N)n(C)n3)ccc12. The van der Waals surface area contributed by atoms with E-state index < -0.39 is 0 Å². The molecule has 3 rings (SSSR count). The van der Waals surface area contributed by atoms with E-state index in [9.17, 15) is 0 Å². The van der Waals surface area contributed by atoms with Crippen LogP contribution in [0.4, 0.5) is 5.82 Å². The van der Waals surface area contributed by atoms with Crippen LogP contribution in [-0.2, 0) is 7.05 Å². The molecular formula is C16H17N3O2. The van der Waals surface area contributed by atoms with Crippen LogP contribution in [-0.4, -0.2) is 24.0 Å². The largest absolute Gasteiger partial charge is 0.496 e. The van der Waals surface area contributed by atoms with Gasteiger partial charge in [0.15, 0.2) is 0 Å². The zero-order valence-electron chi connectivity index (χ0n) is 12.3. The van der Waals surface area contributed by atoms with E-state index in [2.05, 4.69) is 5.10 Å². The van der Waals surface area contributed by atoms with E-state index in [0.717, 1.165) is 33.5 Å². The number of benzene rings is 2. The Hall–Kier alpha value is -2.69. The minimum absolute atomic E-state index is 0.609. The van der Waals surface area contributed by atoms with Crippen molar-refractivity contribution in [1.29, 1.82) is 0 Å². The summed E-state index contributed by atoms with van der Waals surface area (Å²) in [5.41, 5.74) is 7.56. The van der Waals surface area contributed by atoms with Gasteiger partial charge in [0.25, 0.3) is 0 Å². The predicted octanol–water partition coefficient (Wildman–Crippen LogP) is 2.84. The van der Waals surface area contributed by atoms with Gasteiger partial charge in [-0.3, -0.25) is 4.68 Å². The molecule has 0 aliphatic heterocycles. The minimum atomic E-state index is 0.609. The average Bonchev–Trinajstić information content (AvgIpc) is 2.84. The van der Waals surface area contributed by atoms with Crippen LogP contribution in [0.5, 0.6) is 11.5 Å². The van der Waals surface area contributed by atoms with Crippen molar-refractivity contribution in [3.05, 3.63) is 36.4 Å². The third-order valence-electron chi connectivity index (χ3n) is 3.59. The fraction of sp³-hybridized carbons (Fsp3) is 0.188. The molecule has 1 aromatic heterocycles. The van der Waals surface area contributed by atoms with E-state index in [1.165, 1.54) is 0 Å². The Morgan fingerprint density at radius 3 is 2.48 bits per heavy atom. The van der Waals surface area contributed by atoms with Crippen LogP contribution in [0.1, 0.15) is 0 Å². The molecule has 5 nitrogen and oxygen atoms in total. The second-order valence-corrected chi connectivity index (χ2v) is 4.78. The lowest BCUT2D eigenvalue weighted by Gasteiger charge is -2.12. The van der Waals surface area contributed by atoms with E-state index in [1.54, 1.807) is 18.9 Å². The molecule has 0 unspecified atom stereocenters. The molecule has 0 amide bonds. The third-order valence-corrected chi connectivity index (χ3v) is 3.59. The number of methoxy groups -OCH3 is 2. The lowest BCUT2D eigenvalue weighted by molar-refractivity contribution is 0.416. The number of aromatic nitrogens is 2. The second kappa shape index (κ2) is 5.01. The number of anilines is 1. The second-order valence-electron chi connectivity index (χ2n) is 4.78. The van der Waals surface area contributed by atoms with Gasteiger partial charge in [-0.1, -0.05) is 12.1 Å². The molecule has 0 aliphatic carbocycles. The molecule has 0 spiro atoms. The van der Waals surface area contributed by atoms with Gasteiger partial charge in [0, 0.05) is 29.4 Å². The van der Waals surface area contributed by atoms with Crippen molar-refractivity contribution in [1.82, 2.24) is 9.78 Å². The molecule has 0 bridgehead atoms. The van der Waals surface area contributed by atoms with Gasteiger partial charge in [-0.05, 0) is 18.2 Å². The van der Waals surface area contributed by atoms with Crippen molar-refractivity contribution in [2.24, 2.45) is 7.05 Å². The van der Waals surface area contributed by atoms with Crippen LogP contribution in [0.2, 0.25) is 0 Å². The van der Waals surface area contributed by atoms with E-state index >= 15 is 0 Å². The molecule has 1 heterocycles. The molecule has 0 saturated carbocycles. The Balaban J connectivity index is 2.29. The molecule has 0 saturated heterocycles. The lowest BCUT2D eigenvalue weighted by Crippen LogP contribution is -1.97. The number of fused-ring (bicyclic) bond motifs is 1. The molecule has 21 heavy (non-hydrogen) atoms. The number of nitrogen functional groups attached to an aromatic ring is 1. The summed E-state index contributed by atoms with van der Waals surface area (Å²) in [4.78, 5) is 0. The van der Waals surface area contributed by atoms with Crippen molar-refractivity contribution in [3.63, 3.8) is 0 Å². The summed E-state index contributed by atoms with van der Waals surface area (Å²) >= 11 is 0. The lowest BCUT2D eigenvalue weighted by atomic mass is 10.0. The van der Waals surface area contributed by atoms with Gasteiger partial charge in [-0.2, -0.15) is 5.10 Å². The smallest absolute Gasteiger partial charge is 0.136 e. The molecular weight excluding hydrogens is 266 g/mol. The molecule has 108 valence electrons. The summed E-state index contributed by atoms with van der Waals surface area (Å²) in [7, 11) is 5.13. The maximum Gasteiger partial charge on any atom is 0.136 e. The normalized spacial score (nSPS) is 10.8. The molecule has 0 fully saturated rings. The highest BCUT2D eigenvalue weighted by Crippen LogP contribution is 2.39. The van der Waals surface area contributed by atoms with Crippen LogP contribution in [0, 0.1) is 0 Å². The zero-order chi connectivity index (χ0) is 15.0. The van der Waals surface area contributed by atoms with Gasteiger partial charge < -0.3 is 15.2 Å². The van der Waals surface area contributed by atoms with E-state index in [1.807, 2.05) is 43.4 Å². The third kappa shape index (κ3) is 2.07. The molecule has 2 N–H and O–H groups in total. The molecule has 2 aromatic carbocycles. The molecule has 5 heteroatoms. The van der Waals surface area contributed by atoms with Crippen LogP contribution in [0.25, 0.3) is 22.0 Å². The van der Waals surface area contributed by atoms with Crippen molar-refractivity contribution < 1.29 is 9.47 Å². The first-order valence-electron chi connectivity index (χ1n) is 6.59. The first kappa shape index (κ1) is 13.3. The zero-order valence-corrected chi connectivity index (χ0v) is 12.3. The maximum absolute atomic E-state index is 5.87. The number of rotatable bonds is 3. The van der Waals surface area contributed by atoms with Crippen LogP contribution < -0.4 is 15.2 Å². The van der Waals surface area contributed by atoms with Gasteiger partial charge in [0.2, 0.25) is 0 Å². The fourth-order valence-electron chi connectivity index (χ4n) is 2.51. The number of hydrogen-bond donors (Lipinski definition) is 1. The summed E-state index contributed by atoms with van der Waals surface area (Å²) in [6.45, 7) is 0. The van der Waals surface area contributed by atoms with Crippen molar-refractivity contribution in [3.8, 4) is 22.8 Å². The molecule has 3 aromatic rings. The maximum atomic E-state index is 5.87. The van der Waals surface area contributed by atoms with Gasteiger partial charge in [0.1, 0.15) is 17.3 Å². The van der Waals surface area contributed by atoms with Gasteiger partial charge in [-0.15, -0.1) is 0 Å². The number of aryl methyl sites for hydroxylation is 1. The van der Waals surface area contributed by atoms with Crippen molar-refractivity contribution in [2.75, 3.05) is 20.0 Å². The highest BCUT2D eigenvalue weighted by Gasteiger charge is 2.15. The topological polar surface area (TPSA) is 62.3 Å². The number of hydrogen-bond acceptors (Lipinski definition) is 4. The summed E-state index contributed by atoms with van der Waals surface area (Å²) in [6.07, 6.45) is 0. The Bertz CT molecular complexity index is 789. The molecule has 0 atom stereocenters. The van der Waals surface area contributed by atoms with E-state index in [-0.39, 0.29) is 0 Å². The van der Waals surface area contributed by atoms with Crippen LogP contribution in [0.15, 0.2) is 36.4 Å². The van der Waals surface area contributed by atoms with Gasteiger partial charge in [-0.25, -0.2) is 0 Å². The summed E-state index contributed by atoms with van der Waals surface area (Å²) in [5.74, 6) is 2.19. The van der Waals surface area contributed by atoms with E-state index in [0.29, 0.717) is 5.82 Å². The summed E-state index contributed by atoms with van der Waals surface area (Å²) < 4.78 is 12.7. The highest BCUT2D eigenvalue weighted by molar-refractivity contribution is 5.98. The van der Waals surface area contributed by atoms with Gasteiger partial charge in [0.05, 0.1) is 19.9 Å². The molecule has 0 radical (unpaired) electrons. The minimum Gasteiger partial charge on any atom is -0.496 e. The standard InChI is InChI=1S/C16H17N3O2/c1-19-15(17)9-13(18-19)12-8-7-10-11(16(12)21-3)5-4-6-14(10)20-2/h4-9H,17H2,1-3H3. The highest BCUT2D eigenvalue weighted by atomic mass is 16.5. The Morgan fingerprint density at radius 1 is 1.05 bits per heavy atom. The number of nitrogens with zero attached hydrogens (tertiary/aromatic N) is 2. The Labute approximate surface area is 122 Å². The first-order chi connectivity index (χ1) is 10.2. The van der Waals surface area contributed by atoms with Crippen LogP contribution in [0.3, 0.4) is 0 Å². The number of nitrogens with two attached hydrogens (primary N) is 1. The summed E-state index contributed by atoms with van der Waals surface area (Å²) in [6, 6.07) is 11.7. The monoisotopic (exact) mass is 283 g/mol. The van der Waals surface area contributed by atoms with E-state index in [4.69, 9.17) is 15.2 Å². The average molecular weight is 283 g/mol. The van der Waals surface area contributed by atoms with Crippen LogP contribution >= 0.6 is 0 Å². The quantitative estimate of drug-likeness (QED) is 0.803. The van der Waals surface area contributed by atoms with Gasteiger partial charge >= 0.3 is 0 Å². The number of ether oxygens (including phenoxy) is 2. The summed E-state index contributed by atoms with van der Waals surface area (Å²) in [5, 5.41) is 6.41. The first-order valence-corrected chi connectivity index (χ1v) is 6.59. The Kier molecular flexibility index (Phi) is 3.17. The van der Waals surface area contributed by atoms with Crippen molar-refractivity contribution in [2.45, 2.75) is 0 Å². The fourth-order valence-corrected chi connectivity index (χ4v) is 2.51. The Morgan fingerprint density at radius 2 is 1.86 bits per heavy atom. The molecule has 0 aliphatic rings. The van der Waals surface area contributed by atoms with Crippen molar-refractivity contribution >= 4 is 16.6 Å².